The molecular weight excluding hydrogens is 396 g/mol. The maximum absolute atomic E-state index is 11.6. The molecule has 0 spiro atoms. The topological polar surface area (TPSA) is 74.2 Å². The van der Waals surface area contributed by atoms with Crippen LogP contribution in [0.5, 0.6) is 5.75 Å². The van der Waals surface area contributed by atoms with E-state index in [9.17, 15) is 9.90 Å². The summed E-state index contributed by atoms with van der Waals surface area (Å²) in [7, 11) is 3.04. The molecule has 0 aliphatic carbocycles. The number of aliphatic hydroxyl groups excluding tert-OH is 1. The van der Waals surface area contributed by atoms with E-state index in [2.05, 4.69) is 13.0 Å². The van der Waals surface area contributed by atoms with E-state index < -0.39 is 11.7 Å². The Hall–Kier alpha value is -1.63. The molecule has 4 atom stereocenters. The number of esters is 1. The van der Waals surface area contributed by atoms with Crippen molar-refractivity contribution < 1.29 is 28.8 Å². The summed E-state index contributed by atoms with van der Waals surface area (Å²) in [6, 6.07) is 8.05. The summed E-state index contributed by atoms with van der Waals surface area (Å²) >= 11 is 0. The molecule has 31 heavy (non-hydrogen) atoms. The van der Waals surface area contributed by atoms with Crippen LogP contribution < -0.4 is 4.74 Å². The second-order valence-corrected chi connectivity index (χ2v) is 9.17. The van der Waals surface area contributed by atoms with Gasteiger partial charge in [0.1, 0.15) is 5.75 Å². The van der Waals surface area contributed by atoms with Gasteiger partial charge >= 0.3 is 5.97 Å². The Balaban J connectivity index is 1.78. The summed E-state index contributed by atoms with van der Waals surface area (Å²) in [4.78, 5) is 11.6. The van der Waals surface area contributed by atoms with Crippen molar-refractivity contribution in [2.45, 2.75) is 89.6 Å². The molecule has 1 aromatic carbocycles. The van der Waals surface area contributed by atoms with Crippen LogP contribution in [0.4, 0.5) is 0 Å². The molecule has 1 heterocycles. The molecule has 0 amide bonds. The lowest BCUT2D eigenvalue weighted by molar-refractivity contribution is -0.147. The standard InChI is InChI=1S/C25H40O6/c1-18(12-13-23(26)25(2,3)29-5)14-15-30-20-9-6-8-19(16-20)22-11-7-10-21(31-22)17-24(27)28-4/h6,8-9,16,18,21-23,26H,7,10-15,17H2,1-5H3/t18-,21+,22-,23+/m0/s1. The highest BCUT2D eigenvalue weighted by atomic mass is 16.5. The lowest BCUT2D eigenvalue weighted by atomic mass is 9.92. The number of hydrogen-bond acceptors (Lipinski definition) is 6. The molecule has 0 aromatic heterocycles. The first-order valence-electron chi connectivity index (χ1n) is 11.4. The molecule has 6 nitrogen and oxygen atoms in total. The number of carbonyl (C=O) groups is 1. The molecular formula is C25H40O6. The summed E-state index contributed by atoms with van der Waals surface area (Å²) in [5.41, 5.74) is 0.568. The van der Waals surface area contributed by atoms with Gasteiger partial charge in [-0.3, -0.25) is 4.79 Å². The fourth-order valence-electron chi connectivity index (χ4n) is 3.82. The highest BCUT2D eigenvalue weighted by molar-refractivity contribution is 5.69. The number of ether oxygens (including phenoxy) is 4. The van der Waals surface area contributed by atoms with Crippen molar-refractivity contribution in [1.82, 2.24) is 0 Å². The van der Waals surface area contributed by atoms with Crippen molar-refractivity contribution >= 4 is 5.97 Å². The van der Waals surface area contributed by atoms with Gasteiger partial charge in [-0.15, -0.1) is 0 Å². The van der Waals surface area contributed by atoms with E-state index in [4.69, 9.17) is 18.9 Å². The van der Waals surface area contributed by atoms with Crippen LogP contribution >= 0.6 is 0 Å². The Morgan fingerprint density at radius 1 is 1.23 bits per heavy atom. The minimum absolute atomic E-state index is 0.0171. The Morgan fingerprint density at radius 2 is 2.00 bits per heavy atom. The molecule has 176 valence electrons. The van der Waals surface area contributed by atoms with E-state index in [0.717, 1.165) is 43.4 Å². The van der Waals surface area contributed by atoms with Crippen molar-refractivity contribution in [2.75, 3.05) is 20.8 Å². The fraction of sp³-hybridized carbons (Fsp3) is 0.720. The van der Waals surface area contributed by atoms with Crippen LogP contribution in [0.1, 0.15) is 77.4 Å². The molecule has 1 aromatic rings. The third-order valence-corrected chi connectivity index (χ3v) is 6.34. The van der Waals surface area contributed by atoms with Crippen LogP contribution in [0, 0.1) is 5.92 Å². The average molecular weight is 437 g/mol. The van der Waals surface area contributed by atoms with Crippen LogP contribution in [0.3, 0.4) is 0 Å². The lowest BCUT2D eigenvalue weighted by Gasteiger charge is -2.30. The molecule has 0 bridgehead atoms. The molecule has 1 aliphatic rings. The van der Waals surface area contributed by atoms with Crippen molar-refractivity contribution in [1.29, 1.82) is 0 Å². The van der Waals surface area contributed by atoms with Gasteiger partial charge in [-0.1, -0.05) is 19.1 Å². The van der Waals surface area contributed by atoms with Gasteiger partial charge in [-0.05, 0) is 76.0 Å². The molecule has 1 fully saturated rings. The molecule has 0 unspecified atom stereocenters. The minimum atomic E-state index is -0.520. The normalized spacial score (nSPS) is 21.4. The highest BCUT2D eigenvalue weighted by Crippen LogP contribution is 2.34. The predicted octanol–water partition coefficient (Wildman–Crippen LogP) is 4.83. The SMILES string of the molecule is COC(=O)C[C@H]1CCC[C@@H](c2cccc(OCC[C@@H](C)CC[C@@H](O)C(C)(C)OC)c2)O1. The lowest BCUT2D eigenvalue weighted by Crippen LogP contribution is -2.38. The summed E-state index contributed by atoms with van der Waals surface area (Å²) in [6.45, 7) is 6.63. The smallest absolute Gasteiger partial charge is 0.308 e. The van der Waals surface area contributed by atoms with E-state index in [1.165, 1.54) is 7.11 Å². The van der Waals surface area contributed by atoms with Gasteiger partial charge in [0, 0.05) is 7.11 Å². The summed E-state index contributed by atoms with van der Waals surface area (Å²) in [5.74, 6) is 1.06. The number of carbonyl (C=O) groups excluding carboxylic acids is 1. The number of hydrogen-bond donors (Lipinski definition) is 1. The van der Waals surface area contributed by atoms with Gasteiger partial charge < -0.3 is 24.1 Å². The molecule has 1 N–H and O–H groups in total. The number of benzene rings is 1. The van der Waals surface area contributed by atoms with E-state index in [1.54, 1.807) is 7.11 Å². The van der Waals surface area contributed by atoms with Crippen LogP contribution in [-0.4, -0.2) is 49.7 Å². The van der Waals surface area contributed by atoms with E-state index in [-0.39, 0.29) is 18.2 Å². The molecule has 2 rings (SSSR count). The quantitative estimate of drug-likeness (QED) is 0.473. The summed E-state index contributed by atoms with van der Waals surface area (Å²) < 4.78 is 22.3. The summed E-state index contributed by atoms with van der Waals surface area (Å²) in [6.07, 6.45) is 5.14. The van der Waals surface area contributed by atoms with Gasteiger partial charge in [0.05, 0.1) is 44.1 Å². The van der Waals surface area contributed by atoms with E-state index >= 15 is 0 Å². The highest BCUT2D eigenvalue weighted by Gasteiger charge is 2.27. The Kier molecular flexibility index (Phi) is 10.3. The van der Waals surface area contributed by atoms with Gasteiger partial charge in [0.2, 0.25) is 0 Å². The number of aliphatic hydroxyl groups is 1. The Labute approximate surface area is 187 Å². The van der Waals surface area contributed by atoms with E-state index in [1.807, 2.05) is 32.0 Å². The first kappa shape index (κ1) is 25.6. The molecule has 6 heteroatoms. The van der Waals surface area contributed by atoms with Gasteiger partial charge in [-0.25, -0.2) is 0 Å². The number of rotatable bonds is 12. The van der Waals surface area contributed by atoms with Crippen LogP contribution in [-0.2, 0) is 19.0 Å². The molecule has 0 saturated carbocycles. The third-order valence-electron chi connectivity index (χ3n) is 6.34. The van der Waals surface area contributed by atoms with Crippen molar-refractivity contribution in [3.05, 3.63) is 29.8 Å². The second-order valence-electron chi connectivity index (χ2n) is 9.17. The van der Waals surface area contributed by atoms with Crippen LogP contribution in [0.15, 0.2) is 24.3 Å². The molecule has 0 radical (unpaired) electrons. The predicted molar refractivity (Wildman–Crippen MR) is 120 cm³/mol. The monoisotopic (exact) mass is 436 g/mol. The van der Waals surface area contributed by atoms with Crippen molar-refractivity contribution in [3.63, 3.8) is 0 Å². The van der Waals surface area contributed by atoms with Gasteiger partial charge in [0.15, 0.2) is 0 Å². The minimum Gasteiger partial charge on any atom is -0.494 e. The Bertz CT molecular complexity index is 674. The maximum atomic E-state index is 11.6. The van der Waals surface area contributed by atoms with Gasteiger partial charge in [0.25, 0.3) is 0 Å². The first-order valence-corrected chi connectivity index (χ1v) is 11.4. The molecule has 1 aliphatic heterocycles. The molecule has 1 saturated heterocycles. The average Bonchev–Trinajstić information content (AvgIpc) is 2.77. The second kappa shape index (κ2) is 12.4. The first-order chi connectivity index (χ1) is 14.7. The fourth-order valence-corrected chi connectivity index (χ4v) is 3.82. The third kappa shape index (κ3) is 8.43. The van der Waals surface area contributed by atoms with Crippen LogP contribution in [0.25, 0.3) is 0 Å². The number of methoxy groups -OCH3 is 2. The van der Waals surface area contributed by atoms with E-state index in [0.29, 0.717) is 25.4 Å². The maximum Gasteiger partial charge on any atom is 0.308 e. The zero-order chi connectivity index (χ0) is 22.9. The zero-order valence-electron chi connectivity index (χ0n) is 19.8. The zero-order valence-corrected chi connectivity index (χ0v) is 19.8. The van der Waals surface area contributed by atoms with Crippen molar-refractivity contribution in [3.8, 4) is 5.75 Å². The summed E-state index contributed by atoms with van der Waals surface area (Å²) in [5, 5.41) is 10.3. The van der Waals surface area contributed by atoms with Crippen molar-refractivity contribution in [2.24, 2.45) is 5.92 Å². The Morgan fingerprint density at radius 3 is 2.71 bits per heavy atom. The van der Waals surface area contributed by atoms with Gasteiger partial charge in [-0.2, -0.15) is 0 Å². The largest absolute Gasteiger partial charge is 0.494 e. The van der Waals surface area contributed by atoms with Crippen LogP contribution in [0.2, 0.25) is 0 Å².